The Morgan fingerprint density at radius 1 is 1.30 bits per heavy atom. The Morgan fingerprint density at radius 2 is 2.00 bits per heavy atom. The van der Waals surface area contributed by atoms with Crippen LogP contribution >= 0.6 is 12.4 Å². The van der Waals surface area contributed by atoms with Crippen molar-refractivity contribution in [3.05, 3.63) is 35.4 Å². The van der Waals surface area contributed by atoms with Crippen molar-refractivity contribution in [1.29, 1.82) is 0 Å². The molecule has 1 aromatic rings. The molecule has 1 amide bonds. The van der Waals surface area contributed by atoms with E-state index < -0.39 is 17.2 Å². The van der Waals surface area contributed by atoms with Gasteiger partial charge in [0.05, 0.1) is 11.0 Å². The summed E-state index contributed by atoms with van der Waals surface area (Å²) in [6.45, 7) is 1.15. The summed E-state index contributed by atoms with van der Waals surface area (Å²) in [5.74, 6) is -0.0676. The molecule has 3 nitrogen and oxygen atoms in total. The quantitative estimate of drug-likeness (QED) is 0.892. The summed E-state index contributed by atoms with van der Waals surface area (Å²) in [6, 6.07) is 5.14. The van der Waals surface area contributed by atoms with Crippen LogP contribution in [0.3, 0.4) is 0 Å². The van der Waals surface area contributed by atoms with E-state index >= 15 is 0 Å². The fourth-order valence-electron chi connectivity index (χ4n) is 3.24. The molecule has 128 valence electrons. The number of rotatable bonds is 2. The Balaban J connectivity index is 0.00000192. The number of nitrogens with two attached hydrogens (primary N) is 1. The van der Waals surface area contributed by atoms with Gasteiger partial charge in [-0.15, -0.1) is 12.4 Å². The van der Waals surface area contributed by atoms with Gasteiger partial charge in [0.1, 0.15) is 0 Å². The molecule has 1 aliphatic heterocycles. The molecule has 1 heterocycles. The second-order valence-corrected chi connectivity index (χ2v) is 6.31. The van der Waals surface area contributed by atoms with E-state index in [1.54, 1.807) is 11.0 Å². The molecular weight excluding hydrogens is 329 g/mol. The Labute approximate surface area is 139 Å². The van der Waals surface area contributed by atoms with Crippen molar-refractivity contribution >= 4 is 18.3 Å². The molecule has 0 spiro atoms. The second kappa shape index (κ2) is 6.32. The number of halogens is 4. The lowest BCUT2D eigenvalue weighted by molar-refractivity contribution is -0.138. The van der Waals surface area contributed by atoms with Gasteiger partial charge in [0.25, 0.3) is 0 Å². The first-order chi connectivity index (χ1) is 10.3. The molecule has 23 heavy (non-hydrogen) atoms. The van der Waals surface area contributed by atoms with E-state index in [1.165, 1.54) is 6.07 Å². The highest BCUT2D eigenvalue weighted by atomic mass is 35.5. The molecule has 0 bridgehead atoms. The summed E-state index contributed by atoms with van der Waals surface area (Å²) in [5.41, 5.74) is 4.92. The van der Waals surface area contributed by atoms with Crippen molar-refractivity contribution < 1.29 is 18.0 Å². The smallest absolute Gasteiger partial charge is 0.340 e. The molecule has 0 aromatic heterocycles. The van der Waals surface area contributed by atoms with Crippen LogP contribution in [0.5, 0.6) is 0 Å². The van der Waals surface area contributed by atoms with Crippen LogP contribution in [-0.2, 0) is 16.4 Å². The van der Waals surface area contributed by atoms with E-state index in [4.69, 9.17) is 5.73 Å². The molecule has 0 radical (unpaired) electrons. The van der Waals surface area contributed by atoms with E-state index in [2.05, 4.69) is 0 Å². The third-order valence-electron chi connectivity index (χ3n) is 4.65. The van der Waals surface area contributed by atoms with E-state index in [9.17, 15) is 18.0 Å². The number of benzene rings is 1. The number of alkyl halides is 3. The van der Waals surface area contributed by atoms with Gasteiger partial charge in [-0.05, 0) is 37.3 Å². The van der Waals surface area contributed by atoms with Gasteiger partial charge in [-0.25, -0.2) is 0 Å². The lowest BCUT2D eigenvalue weighted by Gasteiger charge is -2.34. The number of amides is 1. The molecule has 1 unspecified atom stereocenters. The fraction of sp³-hybridized carbons (Fsp3) is 0.562. The zero-order valence-corrected chi connectivity index (χ0v) is 13.4. The maximum atomic E-state index is 12.9. The molecule has 2 N–H and O–H groups in total. The van der Waals surface area contributed by atoms with Crippen molar-refractivity contribution in [3.63, 3.8) is 0 Å². The number of hydrogen-bond donors (Lipinski definition) is 1. The van der Waals surface area contributed by atoms with Gasteiger partial charge >= 0.3 is 6.18 Å². The first kappa shape index (κ1) is 18.1. The van der Waals surface area contributed by atoms with Crippen LogP contribution < -0.4 is 5.73 Å². The average molecular weight is 349 g/mol. The summed E-state index contributed by atoms with van der Waals surface area (Å²) < 4.78 is 38.6. The topological polar surface area (TPSA) is 46.3 Å². The maximum absolute atomic E-state index is 12.9. The van der Waals surface area contributed by atoms with Crippen LogP contribution in [0.1, 0.15) is 36.8 Å². The first-order valence-electron chi connectivity index (χ1n) is 7.56. The molecule has 1 atom stereocenters. The van der Waals surface area contributed by atoms with Crippen LogP contribution in [0, 0.1) is 0 Å². The standard InChI is InChI=1S/C16H19F3N2O.ClH/c17-16(18,19)12-4-1-3-11(9-12)15(6-7-15)14(22)21-8-2-5-13(20)10-21;/h1,3-4,9,13H,2,5-8,10,20H2;1H. The summed E-state index contributed by atoms with van der Waals surface area (Å²) >= 11 is 0. The fourth-order valence-corrected chi connectivity index (χ4v) is 3.24. The zero-order chi connectivity index (χ0) is 16.0. The lowest BCUT2D eigenvalue weighted by Crippen LogP contribution is -2.49. The van der Waals surface area contributed by atoms with Crippen LogP contribution in [0.2, 0.25) is 0 Å². The van der Waals surface area contributed by atoms with Gasteiger partial charge in [0.15, 0.2) is 0 Å². The molecule has 7 heteroatoms. The molecule has 3 rings (SSSR count). The van der Waals surface area contributed by atoms with Gasteiger partial charge in [0.2, 0.25) is 5.91 Å². The Morgan fingerprint density at radius 3 is 2.57 bits per heavy atom. The molecule has 2 aliphatic rings. The summed E-state index contributed by atoms with van der Waals surface area (Å²) in [4.78, 5) is 14.5. The Hall–Kier alpha value is -1.27. The van der Waals surface area contributed by atoms with Crippen molar-refractivity contribution in [2.75, 3.05) is 13.1 Å². The largest absolute Gasteiger partial charge is 0.416 e. The highest BCUT2D eigenvalue weighted by molar-refractivity contribution is 5.91. The number of piperidine rings is 1. The lowest BCUT2D eigenvalue weighted by atomic mass is 9.91. The molecule has 1 saturated carbocycles. The Bertz CT molecular complexity index is 587. The average Bonchev–Trinajstić information content (AvgIpc) is 3.27. The number of carbonyl (C=O) groups excluding carboxylic acids is 1. The third kappa shape index (κ3) is 3.48. The number of likely N-dealkylation sites (tertiary alicyclic amines) is 1. The van der Waals surface area contributed by atoms with Crippen molar-refractivity contribution in [3.8, 4) is 0 Å². The van der Waals surface area contributed by atoms with Crippen molar-refractivity contribution in [2.45, 2.75) is 43.3 Å². The summed E-state index contributed by atoms with van der Waals surface area (Å²) in [5, 5.41) is 0. The minimum absolute atomic E-state index is 0. The van der Waals surface area contributed by atoms with Crippen LogP contribution in [0.4, 0.5) is 13.2 Å². The minimum Gasteiger partial charge on any atom is -0.340 e. The number of carbonyl (C=O) groups is 1. The van der Waals surface area contributed by atoms with Crippen LogP contribution in [-0.4, -0.2) is 29.9 Å². The molecule has 2 fully saturated rings. The summed E-state index contributed by atoms with van der Waals surface area (Å²) in [6.07, 6.45) is -1.42. The highest BCUT2D eigenvalue weighted by Gasteiger charge is 2.53. The maximum Gasteiger partial charge on any atom is 0.416 e. The van der Waals surface area contributed by atoms with Crippen LogP contribution in [0.25, 0.3) is 0 Å². The first-order valence-corrected chi connectivity index (χ1v) is 7.56. The van der Waals surface area contributed by atoms with Crippen molar-refractivity contribution in [2.24, 2.45) is 5.73 Å². The van der Waals surface area contributed by atoms with Gasteiger partial charge in [-0.3, -0.25) is 4.79 Å². The van der Waals surface area contributed by atoms with Gasteiger partial charge in [-0.1, -0.05) is 18.2 Å². The monoisotopic (exact) mass is 348 g/mol. The van der Waals surface area contributed by atoms with E-state index in [0.29, 0.717) is 31.5 Å². The van der Waals surface area contributed by atoms with E-state index in [1.807, 2.05) is 0 Å². The Kier molecular flexibility index (Phi) is 4.97. The van der Waals surface area contributed by atoms with Gasteiger partial charge in [0, 0.05) is 19.1 Å². The van der Waals surface area contributed by atoms with Crippen molar-refractivity contribution in [1.82, 2.24) is 4.90 Å². The van der Waals surface area contributed by atoms with Crippen LogP contribution in [0.15, 0.2) is 24.3 Å². The normalized spacial score (nSPS) is 23.1. The van der Waals surface area contributed by atoms with Gasteiger partial charge in [-0.2, -0.15) is 13.2 Å². The predicted octanol–water partition coefficient (Wildman–Crippen LogP) is 3.11. The van der Waals surface area contributed by atoms with E-state index in [0.717, 1.165) is 25.0 Å². The van der Waals surface area contributed by atoms with E-state index in [-0.39, 0.29) is 24.4 Å². The highest BCUT2D eigenvalue weighted by Crippen LogP contribution is 2.50. The molecular formula is C16H20ClF3N2O. The molecule has 1 aliphatic carbocycles. The zero-order valence-electron chi connectivity index (χ0n) is 12.6. The molecule has 1 aromatic carbocycles. The SMILES string of the molecule is Cl.NC1CCCN(C(=O)C2(c3cccc(C(F)(F)F)c3)CC2)C1. The second-order valence-electron chi connectivity index (χ2n) is 6.31. The summed E-state index contributed by atoms with van der Waals surface area (Å²) in [7, 11) is 0. The molecule has 1 saturated heterocycles. The third-order valence-corrected chi connectivity index (χ3v) is 4.65. The minimum atomic E-state index is -4.39. The van der Waals surface area contributed by atoms with Gasteiger partial charge < -0.3 is 10.6 Å². The number of hydrogen-bond acceptors (Lipinski definition) is 2. The number of nitrogens with zero attached hydrogens (tertiary/aromatic N) is 1. The predicted molar refractivity (Wildman–Crippen MR) is 83.4 cm³/mol.